The molecule has 1 N–H and O–H groups in total. The zero-order valence-electron chi connectivity index (χ0n) is 16.4. The Labute approximate surface area is 176 Å². The van der Waals surface area contributed by atoms with E-state index in [1.807, 2.05) is 31.2 Å². The van der Waals surface area contributed by atoms with Crippen molar-refractivity contribution in [3.63, 3.8) is 0 Å². The van der Waals surface area contributed by atoms with Gasteiger partial charge in [0.1, 0.15) is 11.5 Å². The molecule has 1 aliphatic heterocycles. The molecule has 0 aliphatic carbocycles. The van der Waals surface area contributed by atoms with Crippen LogP contribution in [0.15, 0.2) is 42.5 Å². The zero-order valence-corrected chi connectivity index (χ0v) is 17.3. The van der Waals surface area contributed by atoms with Crippen LogP contribution in [0, 0.1) is 18.7 Å². The molecule has 0 bridgehead atoms. The van der Waals surface area contributed by atoms with E-state index in [0.29, 0.717) is 36.6 Å². The minimum atomic E-state index is -0.322. The van der Waals surface area contributed by atoms with Crippen molar-refractivity contribution in [1.29, 1.82) is 0 Å². The highest BCUT2D eigenvalue weighted by Crippen LogP contribution is 2.29. The SMILES string of the molecule is Cc1c(C(=O)N2CCC(C(=O)c3nc4ccccc4s3)CC2)[nH]c2ccc(F)cc12. The number of aromatic nitrogens is 2. The van der Waals surface area contributed by atoms with Gasteiger partial charge in [0.05, 0.1) is 10.2 Å². The van der Waals surface area contributed by atoms with E-state index in [0.717, 1.165) is 26.7 Å². The molecule has 0 saturated carbocycles. The maximum absolute atomic E-state index is 13.6. The van der Waals surface area contributed by atoms with Gasteiger partial charge in [0.2, 0.25) is 0 Å². The molecule has 0 atom stereocenters. The number of piperidine rings is 1. The maximum Gasteiger partial charge on any atom is 0.270 e. The second kappa shape index (κ2) is 7.32. The van der Waals surface area contributed by atoms with E-state index >= 15 is 0 Å². The van der Waals surface area contributed by atoms with Crippen molar-refractivity contribution in [2.24, 2.45) is 5.92 Å². The van der Waals surface area contributed by atoms with Gasteiger partial charge in [-0.15, -0.1) is 11.3 Å². The van der Waals surface area contributed by atoms with Crippen LogP contribution in [-0.4, -0.2) is 39.6 Å². The molecule has 0 radical (unpaired) electrons. The number of thiazole rings is 1. The molecule has 1 fully saturated rings. The average Bonchev–Trinajstić information content (AvgIpc) is 3.34. The number of rotatable bonds is 3. The molecule has 1 amide bonds. The Balaban J connectivity index is 1.30. The van der Waals surface area contributed by atoms with Crippen LogP contribution in [0.1, 0.15) is 38.7 Å². The highest BCUT2D eigenvalue weighted by molar-refractivity contribution is 7.20. The number of benzene rings is 2. The number of carbonyl (C=O) groups excluding carboxylic acids is 2. The van der Waals surface area contributed by atoms with E-state index < -0.39 is 0 Å². The average molecular weight is 421 g/mol. The van der Waals surface area contributed by atoms with Crippen molar-refractivity contribution in [2.75, 3.05) is 13.1 Å². The normalized spacial score (nSPS) is 15.2. The number of aryl methyl sites for hydroxylation is 1. The van der Waals surface area contributed by atoms with Gasteiger partial charge in [-0.2, -0.15) is 0 Å². The van der Waals surface area contributed by atoms with Crippen molar-refractivity contribution < 1.29 is 14.0 Å². The van der Waals surface area contributed by atoms with E-state index in [9.17, 15) is 14.0 Å². The number of halogens is 1. The molecule has 152 valence electrons. The second-order valence-electron chi connectivity index (χ2n) is 7.73. The first-order valence-electron chi connectivity index (χ1n) is 9.98. The summed E-state index contributed by atoms with van der Waals surface area (Å²) in [4.78, 5) is 35.4. The summed E-state index contributed by atoms with van der Waals surface area (Å²) in [5.74, 6) is -0.471. The predicted octanol–water partition coefficient (Wildman–Crippen LogP) is 4.96. The van der Waals surface area contributed by atoms with Crippen LogP contribution in [0.3, 0.4) is 0 Å². The highest BCUT2D eigenvalue weighted by Gasteiger charge is 2.31. The van der Waals surface area contributed by atoms with Crippen molar-refractivity contribution >= 4 is 44.1 Å². The Kier molecular flexibility index (Phi) is 4.62. The number of H-pyrrole nitrogens is 1. The summed E-state index contributed by atoms with van der Waals surface area (Å²) in [6, 6.07) is 12.2. The molecule has 1 saturated heterocycles. The third-order valence-electron chi connectivity index (χ3n) is 5.89. The Morgan fingerprint density at radius 2 is 1.93 bits per heavy atom. The number of likely N-dealkylation sites (tertiary alicyclic amines) is 1. The van der Waals surface area contributed by atoms with Crippen molar-refractivity contribution in [3.05, 3.63) is 64.5 Å². The quantitative estimate of drug-likeness (QED) is 0.476. The van der Waals surface area contributed by atoms with Crippen LogP contribution in [0.25, 0.3) is 21.1 Å². The number of aromatic amines is 1. The molecule has 30 heavy (non-hydrogen) atoms. The van der Waals surface area contributed by atoms with Crippen LogP contribution in [-0.2, 0) is 0 Å². The van der Waals surface area contributed by atoms with Gasteiger partial charge in [-0.05, 0) is 55.7 Å². The van der Waals surface area contributed by atoms with E-state index in [1.54, 1.807) is 11.0 Å². The van der Waals surface area contributed by atoms with Gasteiger partial charge in [0, 0.05) is 29.9 Å². The molecule has 0 unspecified atom stereocenters. The summed E-state index contributed by atoms with van der Waals surface area (Å²) in [6.45, 7) is 2.86. The monoisotopic (exact) mass is 421 g/mol. The maximum atomic E-state index is 13.6. The van der Waals surface area contributed by atoms with Gasteiger partial charge in [0.25, 0.3) is 5.91 Å². The fourth-order valence-corrected chi connectivity index (χ4v) is 5.15. The Morgan fingerprint density at radius 1 is 1.17 bits per heavy atom. The molecule has 3 heterocycles. The van der Waals surface area contributed by atoms with E-state index in [-0.39, 0.29) is 23.4 Å². The smallest absolute Gasteiger partial charge is 0.270 e. The standard InChI is InChI=1S/C23H20FN3O2S/c1-13-16-12-15(24)6-7-17(16)25-20(13)23(29)27-10-8-14(9-11-27)21(28)22-26-18-4-2-3-5-19(18)30-22/h2-7,12,14,25H,8-11H2,1H3. The van der Waals surface area contributed by atoms with E-state index in [4.69, 9.17) is 0 Å². The van der Waals surface area contributed by atoms with Crippen LogP contribution in [0.5, 0.6) is 0 Å². The lowest BCUT2D eigenvalue weighted by Gasteiger charge is -2.30. The molecule has 4 aromatic rings. The number of para-hydroxylation sites is 1. The number of nitrogens with zero attached hydrogens (tertiary/aromatic N) is 2. The topological polar surface area (TPSA) is 66.1 Å². The molecule has 1 aliphatic rings. The number of carbonyl (C=O) groups is 2. The van der Waals surface area contributed by atoms with Gasteiger partial charge in [-0.3, -0.25) is 9.59 Å². The number of nitrogens with one attached hydrogen (secondary N) is 1. The summed E-state index contributed by atoms with van der Waals surface area (Å²) in [5.41, 5.74) is 2.84. The summed E-state index contributed by atoms with van der Waals surface area (Å²) in [5, 5.41) is 1.27. The first-order chi connectivity index (χ1) is 14.5. The molecule has 7 heteroatoms. The highest BCUT2D eigenvalue weighted by atomic mass is 32.1. The molecule has 2 aromatic carbocycles. The number of hydrogen-bond acceptors (Lipinski definition) is 4. The minimum Gasteiger partial charge on any atom is -0.350 e. The Hall–Kier alpha value is -3.06. The lowest BCUT2D eigenvalue weighted by Crippen LogP contribution is -2.40. The minimum absolute atomic E-state index is 0.0700. The van der Waals surface area contributed by atoms with Crippen LogP contribution < -0.4 is 0 Å². The summed E-state index contributed by atoms with van der Waals surface area (Å²) in [7, 11) is 0. The number of amides is 1. The molecular weight excluding hydrogens is 401 g/mol. The third-order valence-corrected chi connectivity index (χ3v) is 6.94. The Morgan fingerprint density at radius 3 is 2.70 bits per heavy atom. The molecule has 0 spiro atoms. The molecule has 5 rings (SSSR count). The van der Waals surface area contributed by atoms with E-state index in [2.05, 4.69) is 9.97 Å². The van der Waals surface area contributed by atoms with Gasteiger partial charge < -0.3 is 9.88 Å². The zero-order chi connectivity index (χ0) is 20.8. The van der Waals surface area contributed by atoms with E-state index in [1.165, 1.54) is 23.5 Å². The van der Waals surface area contributed by atoms with Gasteiger partial charge >= 0.3 is 0 Å². The first kappa shape index (κ1) is 18.9. The summed E-state index contributed by atoms with van der Waals surface area (Å²) in [6.07, 6.45) is 1.24. The van der Waals surface area contributed by atoms with Gasteiger partial charge in [-0.25, -0.2) is 9.37 Å². The number of fused-ring (bicyclic) bond motifs is 2. The molecule has 5 nitrogen and oxygen atoms in total. The van der Waals surface area contributed by atoms with Crippen molar-refractivity contribution in [3.8, 4) is 0 Å². The van der Waals surface area contributed by atoms with Gasteiger partial charge in [-0.1, -0.05) is 12.1 Å². The number of hydrogen-bond donors (Lipinski definition) is 1. The number of ketones is 1. The second-order valence-corrected chi connectivity index (χ2v) is 8.76. The first-order valence-corrected chi connectivity index (χ1v) is 10.8. The fourth-order valence-electron chi connectivity index (χ4n) is 4.17. The third kappa shape index (κ3) is 3.19. The van der Waals surface area contributed by atoms with Crippen LogP contribution in [0.4, 0.5) is 4.39 Å². The van der Waals surface area contributed by atoms with Crippen molar-refractivity contribution in [2.45, 2.75) is 19.8 Å². The molecular formula is C23H20FN3O2S. The van der Waals surface area contributed by atoms with Crippen LogP contribution >= 0.6 is 11.3 Å². The van der Waals surface area contributed by atoms with Crippen LogP contribution in [0.2, 0.25) is 0 Å². The van der Waals surface area contributed by atoms with Crippen molar-refractivity contribution in [1.82, 2.24) is 14.9 Å². The Bertz CT molecular complexity index is 1250. The summed E-state index contributed by atoms with van der Waals surface area (Å²) < 4.78 is 14.6. The largest absolute Gasteiger partial charge is 0.350 e. The lowest BCUT2D eigenvalue weighted by atomic mass is 9.92. The number of Topliss-reactive ketones (excluding diaryl/α,β-unsaturated/α-hetero) is 1. The summed E-state index contributed by atoms with van der Waals surface area (Å²) >= 11 is 1.43. The molecule has 2 aromatic heterocycles. The lowest BCUT2D eigenvalue weighted by molar-refractivity contribution is 0.0646. The van der Waals surface area contributed by atoms with Gasteiger partial charge in [0.15, 0.2) is 10.8 Å². The fraction of sp³-hybridized carbons (Fsp3) is 0.261. The predicted molar refractivity (Wildman–Crippen MR) is 116 cm³/mol.